The first-order valence-electron chi connectivity index (χ1n) is 10.4. The van der Waals surface area contributed by atoms with Gasteiger partial charge in [-0.1, -0.05) is 12.1 Å². The Morgan fingerprint density at radius 2 is 1.97 bits per heavy atom. The molecular formula is C23H23N3O5S. The van der Waals surface area contributed by atoms with Gasteiger partial charge in [0, 0.05) is 24.3 Å². The summed E-state index contributed by atoms with van der Waals surface area (Å²) in [5, 5.41) is 3.25. The average Bonchev–Trinajstić information content (AvgIpc) is 3.50. The largest absolute Gasteiger partial charge is 0.457 e. The van der Waals surface area contributed by atoms with Gasteiger partial charge in [-0.3, -0.25) is 23.7 Å². The van der Waals surface area contributed by atoms with Gasteiger partial charge < -0.3 is 10.1 Å². The van der Waals surface area contributed by atoms with E-state index in [4.69, 9.17) is 4.74 Å². The number of fused-ring (bicyclic) bond motifs is 1. The third kappa shape index (κ3) is 5.11. The van der Waals surface area contributed by atoms with E-state index in [0.717, 1.165) is 17.7 Å². The highest BCUT2D eigenvalue weighted by Crippen LogP contribution is 2.34. The number of esters is 1. The number of hydrogen-bond donors (Lipinski definition) is 1. The number of para-hydroxylation sites is 1. The maximum atomic E-state index is 12.9. The van der Waals surface area contributed by atoms with Crippen LogP contribution < -0.4 is 10.9 Å². The molecule has 0 spiro atoms. The van der Waals surface area contributed by atoms with Crippen molar-refractivity contribution in [3.8, 4) is 0 Å². The van der Waals surface area contributed by atoms with Crippen LogP contribution in [0.4, 0.5) is 0 Å². The van der Waals surface area contributed by atoms with Crippen LogP contribution in [0.25, 0.3) is 10.9 Å². The Labute approximate surface area is 188 Å². The van der Waals surface area contributed by atoms with Gasteiger partial charge in [-0.2, -0.15) is 0 Å². The number of ether oxygens (including phenoxy) is 1. The number of aryl methyl sites for hydroxylation is 1. The van der Waals surface area contributed by atoms with Crippen LogP contribution in [0.5, 0.6) is 0 Å². The van der Waals surface area contributed by atoms with Gasteiger partial charge in [0.05, 0.1) is 28.7 Å². The molecule has 0 radical (unpaired) electrons. The minimum atomic E-state index is -0.516. The molecule has 1 fully saturated rings. The highest BCUT2D eigenvalue weighted by atomic mass is 32.1. The number of benzene rings is 1. The summed E-state index contributed by atoms with van der Waals surface area (Å²) in [4.78, 5) is 54.3. The number of rotatable bonds is 9. The molecule has 1 aliphatic carbocycles. The van der Waals surface area contributed by atoms with Gasteiger partial charge in [-0.25, -0.2) is 4.98 Å². The molecule has 1 aromatic carbocycles. The topological polar surface area (TPSA) is 107 Å². The molecule has 0 atom stereocenters. The van der Waals surface area contributed by atoms with Crippen LogP contribution >= 0.6 is 11.3 Å². The number of aromatic nitrogens is 2. The van der Waals surface area contributed by atoms with Crippen molar-refractivity contribution in [1.29, 1.82) is 0 Å². The van der Waals surface area contributed by atoms with Crippen LogP contribution in [0.15, 0.2) is 41.2 Å². The number of hydrogen-bond acceptors (Lipinski definition) is 7. The Balaban J connectivity index is 1.35. The molecule has 0 bridgehead atoms. The van der Waals surface area contributed by atoms with Crippen molar-refractivity contribution in [2.24, 2.45) is 0 Å². The second-order valence-electron chi connectivity index (χ2n) is 7.71. The van der Waals surface area contributed by atoms with E-state index in [1.165, 1.54) is 18.3 Å². The predicted octanol–water partition coefficient (Wildman–Crippen LogP) is 2.79. The Kier molecular flexibility index (Phi) is 6.45. The molecule has 9 heteroatoms. The Morgan fingerprint density at radius 3 is 2.72 bits per heavy atom. The van der Waals surface area contributed by atoms with Crippen molar-refractivity contribution in [3.63, 3.8) is 0 Å². The average molecular weight is 454 g/mol. The third-order valence-electron chi connectivity index (χ3n) is 5.16. The molecule has 0 saturated heterocycles. The first kappa shape index (κ1) is 21.9. The minimum absolute atomic E-state index is 0.0308. The molecule has 2 heterocycles. The lowest BCUT2D eigenvalue weighted by Gasteiger charge is -2.12. The predicted molar refractivity (Wildman–Crippen MR) is 120 cm³/mol. The van der Waals surface area contributed by atoms with E-state index in [1.54, 1.807) is 28.8 Å². The van der Waals surface area contributed by atoms with E-state index < -0.39 is 5.97 Å². The summed E-state index contributed by atoms with van der Waals surface area (Å²) in [5.74, 6) is -0.386. The summed E-state index contributed by atoms with van der Waals surface area (Å²) < 4.78 is 6.85. The standard InChI is InChI=1S/C23H23N3O5S/c1-14(27)24-12-16-8-9-20(32-16)19(28)13-31-22(29)11-10-21-25-18-5-3-2-4-17(18)23(30)26(21)15-6-7-15/h2-5,8-9,15H,6-7,10-13H2,1H3,(H,24,27). The lowest BCUT2D eigenvalue weighted by Crippen LogP contribution is -2.25. The number of carbonyl (C=O) groups is 3. The number of nitrogens with zero attached hydrogens (tertiary/aromatic N) is 2. The summed E-state index contributed by atoms with van der Waals surface area (Å²) in [5.41, 5.74) is 0.533. The summed E-state index contributed by atoms with van der Waals surface area (Å²) in [6, 6.07) is 10.7. The van der Waals surface area contributed by atoms with Gasteiger partial charge in [0.1, 0.15) is 5.82 Å². The van der Waals surface area contributed by atoms with Crippen LogP contribution in [0, 0.1) is 0 Å². The molecule has 2 aromatic heterocycles. The normalized spacial score (nSPS) is 13.2. The highest BCUT2D eigenvalue weighted by molar-refractivity contribution is 7.14. The SMILES string of the molecule is CC(=O)NCc1ccc(C(=O)COC(=O)CCc2nc3ccccc3c(=O)n2C2CC2)s1. The molecule has 1 aliphatic rings. The van der Waals surface area contributed by atoms with Crippen LogP contribution in [-0.2, 0) is 27.3 Å². The molecule has 166 valence electrons. The van der Waals surface area contributed by atoms with Gasteiger partial charge in [-0.05, 0) is 37.1 Å². The van der Waals surface area contributed by atoms with Gasteiger partial charge in [-0.15, -0.1) is 11.3 Å². The molecule has 1 saturated carbocycles. The van der Waals surface area contributed by atoms with Crippen molar-refractivity contribution in [2.45, 2.75) is 45.2 Å². The van der Waals surface area contributed by atoms with E-state index in [0.29, 0.717) is 28.1 Å². The zero-order valence-corrected chi connectivity index (χ0v) is 18.4. The molecule has 32 heavy (non-hydrogen) atoms. The molecule has 8 nitrogen and oxygen atoms in total. The zero-order valence-electron chi connectivity index (χ0n) is 17.6. The fourth-order valence-electron chi connectivity index (χ4n) is 3.42. The maximum absolute atomic E-state index is 12.9. The second kappa shape index (κ2) is 9.44. The molecule has 0 aliphatic heterocycles. The van der Waals surface area contributed by atoms with Gasteiger partial charge in [0.15, 0.2) is 6.61 Å². The Morgan fingerprint density at radius 1 is 1.19 bits per heavy atom. The monoisotopic (exact) mass is 453 g/mol. The van der Waals surface area contributed by atoms with E-state index in [9.17, 15) is 19.2 Å². The van der Waals surface area contributed by atoms with Crippen molar-refractivity contribution in [3.05, 3.63) is 62.3 Å². The van der Waals surface area contributed by atoms with Crippen LogP contribution in [0.3, 0.4) is 0 Å². The number of Topliss-reactive ketones (excluding diaryl/α,β-unsaturated/α-hetero) is 1. The lowest BCUT2D eigenvalue weighted by atomic mass is 10.2. The van der Waals surface area contributed by atoms with Crippen molar-refractivity contribution in [2.75, 3.05) is 6.61 Å². The molecule has 4 rings (SSSR count). The Hall–Kier alpha value is -3.33. The van der Waals surface area contributed by atoms with E-state index in [1.807, 2.05) is 12.1 Å². The number of carbonyl (C=O) groups excluding carboxylic acids is 3. The fraction of sp³-hybridized carbons (Fsp3) is 0.348. The van der Waals surface area contributed by atoms with E-state index in [2.05, 4.69) is 10.3 Å². The first-order valence-corrected chi connectivity index (χ1v) is 11.3. The number of ketones is 1. The highest BCUT2D eigenvalue weighted by Gasteiger charge is 2.28. The van der Waals surface area contributed by atoms with E-state index >= 15 is 0 Å². The maximum Gasteiger partial charge on any atom is 0.306 e. The van der Waals surface area contributed by atoms with Gasteiger partial charge in [0.2, 0.25) is 11.7 Å². The number of nitrogens with one attached hydrogen (secondary N) is 1. The van der Waals surface area contributed by atoms with E-state index in [-0.39, 0.29) is 42.7 Å². The zero-order chi connectivity index (χ0) is 22.7. The second-order valence-corrected chi connectivity index (χ2v) is 8.88. The van der Waals surface area contributed by atoms with Crippen LogP contribution in [-0.4, -0.2) is 33.8 Å². The summed E-state index contributed by atoms with van der Waals surface area (Å²) in [6.07, 6.45) is 2.15. The third-order valence-corrected chi connectivity index (χ3v) is 6.28. The molecular weight excluding hydrogens is 430 g/mol. The summed E-state index contributed by atoms with van der Waals surface area (Å²) in [7, 11) is 0. The number of amides is 1. The molecule has 3 aromatic rings. The van der Waals surface area contributed by atoms with Crippen molar-refractivity contribution in [1.82, 2.24) is 14.9 Å². The Bertz CT molecular complexity index is 1240. The smallest absolute Gasteiger partial charge is 0.306 e. The fourth-order valence-corrected chi connectivity index (χ4v) is 4.29. The summed E-state index contributed by atoms with van der Waals surface area (Å²) in [6.45, 7) is 1.44. The van der Waals surface area contributed by atoms with Crippen LogP contribution in [0.2, 0.25) is 0 Å². The van der Waals surface area contributed by atoms with Gasteiger partial charge >= 0.3 is 5.97 Å². The van der Waals surface area contributed by atoms with Gasteiger partial charge in [0.25, 0.3) is 5.56 Å². The molecule has 0 unspecified atom stereocenters. The molecule has 1 amide bonds. The minimum Gasteiger partial charge on any atom is -0.457 e. The summed E-state index contributed by atoms with van der Waals surface area (Å²) >= 11 is 1.26. The van der Waals surface area contributed by atoms with Crippen molar-refractivity contribution >= 4 is 39.9 Å². The number of thiophene rings is 1. The molecule has 1 N–H and O–H groups in total. The lowest BCUT2D eigenvalue weighted by molar-refractivity contribution is -0.142. The quantitative estimate of drug-likeness (QED) is 0.394. The first-order chi connectivity index (χ1) is 15.4. The van der Waals surface area contributed by atoms with Crippen LogP contribution in [0.1, 0.15) is 52.6 Å². The van der Waals surface area contributed by atoms with Crippen molar-refractivity contribution < 1.29 is 19.1 Å².